The zero-order valence-corrected chi connectivity index (χ0v) is 17.9. The first kappa shape index (κ1) is 25.5. The molecule has 0 fully saturated rings. The van der Waals surface area contributed by atoms with Gasteiger partial charge >= 0.3 is 0 Å². The van der Waals surface area contributed by atoms with Crippen LogP contribution in [0, 0.1) is 0 Å². The fourth-order valence-corrected chi connectivity index (χ4v) is 2.36. The predicted octanol–water partition coefficient (Wildman–Crippen LogP) is 0.813. The molecule has 0 atom stereocenters. The highest BCUT2D eigenvalue weighted by molar-refractivity contribution is 7.42. The van der Waals surface area contributed by atoms with E-state index in [9.17, 15) is 0 Å². The third kappa shape index (κ3) is 17.7. The molecule has 0 spiro atoms. The molecule has 0 unspecified atom stereocenters. The van der Waals surface area contributed by atoms with Gasteiger partial charge in [-0.2, -0.15) is 0 Å². The first-order valence-electron chi connectivity index (χ1n) is 9.42. The molecule has 0 radical (unpaired) electrons. The van der Waals surface area contributed by atoms with Crippen molar-refractivity contribution in [1.29, 1.82) is 0 Å². The summed E-state index contributed by atoms with van der Waals surface area (Å²) in [5.41, 5.74) is 0. The van der Waals surface area contributed by atoms with Crippen LogP contribution in [0.15, 0.2) is 37.4 Å². The zero-order valence-electron chi connectivity index (χ0n) is 17.0. The maximum Gasteiger partial charge on any atom is 0.243 e. The maximum absolute atomic E-state index is 8.66. The molecule has 9 heteroatoms. The van der Waals surface area contributed by atoms with E-state index < -0.39 is 7.82 Å². The van der Waals surface area contributed by atoms with Gasteiger partial charge in [-0.3, -0.25) is 0 Å². The van der Waals surface area contributed by atoms with Gasteiger partial charge in [-0.25, -0.2) is 18.3 Å². The lowest BCUT2D eigenvalue weighted by atomic mass is 10.2. The van der Waals surface area contributed by atoms with Crippen molar-refractivity contribution in [3.8, 4) is 0 Å². The minimum atomic E-state index is -5.14. The summed E-state index contributed by atoms with van der Waals surface area (Å²) in [6, 6.07) is 0. The highest BCUT2D eigenvalue weighted by Gasteiger charge is 1.98. The van der Waals surface area contributed by atoms with Crippen molar-refractivity contribution in [2.75, 3.05) is 0 Å². The zero-order chi connectivity index (χ0) is 20.7. The van der Waals surface area contributed by atoms with Crippen LogP contribution in [0.25, 0.3) is 0 Å². The molecule has 0 bridgehead atoms. The van der Waals surface area contributed by atoms with Crippen LogP contribution in [0.2, 0.25) is 0 Å². The van der Waals surface area contributed by atoms with Crippen molar-refractivity contribution in [2.45, 2.75) is 65.5 Å². The Hall–Kier alpha value is -1.47. The van der Waals surface area contributed by atoms with Crippen molar-refractivity contribution in [2.24, 2.45) is 14.1 Å². The second-order valence-corrected chi connectivity index (χ2v) is 7.45. The Balaban J connectivity index is 0.000000405. The van der Waals surface area contributed by atoms with Crippen LogP contribution in [0.4, 0.5) is 0 Å². The van der Waals surface area contributed by atoms with Crippen LogP contribution in [0.3, 0.4) is 0 Å². The van der Waals surface area contributed by atoms with E-state index in [1.165, 1.54) is 38.5 Å². The number of hydrogen-bond donors (Lipinski definition) is 1. The molecule has 0 aliphatic heterocycles. The summed E-state index contributed by atoms with van der Waals surface area (Å²) < 4.78 is 17.3. The van der Waals surface area contributed by atoms with E-state index in [2.05, 4.69) is 83.7 Å². The van der Waals surface area contributed by atoms with Crippen LogP contribution >= 0.6 is 7.82 Å². The van der Waals surface area contributed by atoms with Gasteiger partial charge in [-0.05, 0) is 25.7 Å². The lowest BCUT2D eigenvalue weighted by molar-refractivity contribution is -0.671. The molecule has 2 rings (SSSR count). The van der Waals surface area contributed by atoms with E-state index in [1.807, 2.05) is 0 Å². The molecule has 8 nitrogen and oxygen atoms in total. The fourth-order valence-electron chi connectivity index (χ4n) is 2.36. The van der Waals surface area contributed by atoms with Gasteiger partial charge in [-0.1, -0.05) is 26.7 Å². The first-order chi connectivity index (χ1) is 12.7. The number of aryl methyl sites for hydroxylation is 4. The summed E-state index contributed by atoms with van der Waals surface area (Å²) in [4.78, 5) is 24.3. The number of phosphoric acid groups is 1. The average Bonchev–Trinajstić information content (AvgIpc) is 3.15. The second-order valence-electron chi connectivity index (χ2n) is 6.52. The lowest BCUT2D eigenvalue weighted by Crippen LogP contribution is -2.23. The molecule has 0 amide bonds. The second kappa shape index (κ2) is 14.6. The molecule has 0 aliphatic carbocycles. The van der Waals surface area contributed by atoms with E-state index in [0.29, 0.717) is 0 Å². The monoisotopic (exact) mass is 402 g/mol. The first-order valence-corrected chi connectivity index (χ1v) is 10.9. The van der Waals surface area contributed by atoms with Gasteiger partial charge in [-0.15, -0.1) is 0 Å². The van der Waals surface area contributed by atoms with Crippen LogP contribution in [-0.4, -0.2) is 14.0 Å². The van der Waals surface area contributed by atoms with E-state index in [0.717, 1.165) is 13.1 Å². The average molecular weight is 402 g/mol. The molecule has 0 aliphatic rings. The Morgan fingerprint density at radius 1 is 0.852 bits per heavy atom. The van der Waals surface area contributed by atoms with Gasteiger partial charge in [0.25, 0.3) is 0 Å². The topological polar surface area (TPSA) is 101 Å². The Labute approximate surface area is 163 Å². The van der Waals surface area contributed by atoms with Crippen molar-refractivity contribution < 1.29 is 28.4 Å². The number of unbranched alkanes of at least 4 members (excludes halogenated alkanes) is 4. The van der Waals surface area contributed by atoms with Gasteiger partial charge in [0.05, 0.1) is 35.0 Å². The number of aromatic nitrogens is 4. The van der Waals surface area contributed by atoms with E-state index >= 15 is 0 Å². The third-order valence-electron chi connectivity index (χ3n) is 3.69. The number of hydrogen-bond acceptors (Lipinski definition) is 3. The molecular formula is C18H35N4O4P. The van der Waals surface area contributed by atoms with Gasteiger partial charge in [0.15, 0.2) is 0 Å². The highest BCUT2D eigenvalue weighted by atomic mass is 31.2. The Kier molecular flexibility index (Phi) is 13.8. The molecular weight excluding hydrogens is 367 g/mol. The highest BCUT2D eigenvalue weighted by Crippen LogP contribution is 2.11. The molecule has 2 heterocycles. The van der Waals surface area contributed by atoms with Gasteiger partial charge in [0.1, 0.15) is 24.8 Å². The van der Waals surface area contributed by atoms with Gasteiger partial charge in [0.2, 0.25) is 12.7 Å². The maximum atomic E-state index is 8.66. The standard InChI is InChI=1S/2C9H17N2.H3O4P/c2*1-3-4-5-6-11-8-7-10(2)9-11;1-5(2,3)4/h2*7-9H,3-6H2,1-2H3;(H3,1,2,3,4)/q2*+1;/p-2. The minimum Gasteiger partial charge on any atom is -0.790 e. The Morgan fingerprint density at radius 2 is 1.19 bits per heavy atom. The summed E-state index contributed by atoms with van der Waals surface area (Å²) in [6.07, 6.45) is 20.5. The van der Waals surface area contributed by atoms with Gasteiger partial charge in [0, 0.05) is 0 Å². The summed E-state index contributed by atoms with van der Waals surface area (Å²) in [5, 5.41) is 0. The molecule has 2 aromatic rings. The Bertz CT molecular complexity index is 597. The summed E-state index contributed by atoms with van der Waals surface area (Å²) in [6.45, 7) is 6.79. The lowest BCUT2D eigenvalue weighted by Gasteiger charge is -2.19. The summed E-state index contributed by atoms with van der Waals surface area (Å²) in [7, 11) is -1.04. The van der Waals surface area contributed by atoms with E-state index in [1.54, 1.807) is 0 Å². The minimum absolute atomic E-state index is 1.16. The van der Waals surface area contributed by atoms with Gasteiger partial charge < -0.3 is 19.2 Å². The normalized spacial score (nSPS) is 10.6. The van der Waals surface area contributed by atoms with Crippen molar-refractivity contribution in [1.82, 2.24) is 9.13 Å². The summed E-state index contributed by atoms with van der Waals surface area (Å²) in [5.74, 6) is 0. The Morgan fingerprint density at radius 3 is 1.41 bits per heavy atom. The molecule has 1 N–H and O–H groups in total. The van der Waals surface area contributed by atoms with E-state index in [4.69, 9.17) is 19.2 Å². The van der Waals surface area contributed by atoms with E-state index in [-0.39, 0.29) is 0 Å². The van der Waals surface area contributed by atoms with Crippen molar-refractivity contribution in [3.63, 3.8) is 0 Å². The quantitative estimate of drug-likeness (QED) is 0.401. The molecule has 0 saturated carbocycles. The largest absolute Gasteiger partial charge is 0.790 e. The fraction of sp³-hybridized carbons (Fsp3) is 0.667. The number of rotatable bonds is 8. The smallest absolute Gasteiger partial charge is 0.243 e. The predicted molar refractivity (Wildman–Crippen MR) is 100 cm³/mol. The van der Waals surface area contributed by atoms with Crippen LogP contribution < -0.4 is 18.9 Å². The summed E-state index contributed by atoms with van der Waals surface area (Å²) >= 11 is 0. The van der Waals surface area contributed by atoms with Crippen LogP contribution in [0.1, 0.15) is 52.4 Å². The molecule has 27 heavy (non-hydrogen) atoms. The third-order valence-corrected chi connectivity index (χ3v) is 3.69. The number of imidazole rings is 2. The van der Waals surface area contributed by atoms with Crippen molar-refractivity contribution >= 4 is 7.82 Å². The SMILES string of the molecule is CCCCCn1cc[n+](C)c1.CCCCCn1cc[n+](C)c1.O=P([O-])([O-])O. The van der Waals surface area contributed by atoms with Crippen LogP contribution in [0.5, 0.6) is 0 Å². The van der Waals surface area contributed by atoms with Crippen LogP contribution in [-0.2, 0) is 31.7 Å². The molecule has 2 aromatic heterocycles. The molecule has 156 valence electrons. The number of nitrogens with zero attached hydrogens (tertiary/aromatic N) is 4. The molecule has 0 aromatic carbocycles. The van der Waals surface area contributed by atoms with Crippen molar-refractivity contribution in [3.05, 3.63) is 37.4 Å². The molecule has 0 saturated heterocycles.